The van der Waals surface area contributed by atoms with Gasteiger partial charge in [0, 0.05) is 13.1 Å². The highest BCUT2D eigenvalue weighted by Crippen LogP contribution is 2.22. The number of nitrogens with two attached hydrogens (primary N) is 1. The molecule has 2 atom stereocenters. The number of carbonyl (C=O) groups excluding carboxylic acids is 1. The summed E-state index contributed by atoms with van der Waals surface area (Å²) < 4.78 is 0. The Balaban J connectivity index is 1.80. The molecule has 2 rings (SSSR count). The largest absolute Gasteiger partial charge is 0.369 e. The molecule has 0 aromatic heterocycles. The first-order valence-corrected chi connectivity index (χ1v) is 6.42. The lowest BCUT2D eigenvalue weighted by atomic mass is 9.91. The van der Waals surface area contributed by atoms with Gasteiger partial charge < -0.3 is 10.6 Å². The number of likely N-dealkylation sites (tertiary alicyclic amines) is 1. The molecule has 0 saturated carbocycles. The zero-order chi connectivity index (χ0) is 11.4. The fourth-order valence-corrected chi connectivity index (χ4v) is 2.84. The third-order valence-electron chi connectivity index (χ3n) is 3.80. The average molecular weight is 222 g/mol. The maximum absolute atomic E-state index is 11.2. The highest BCUT2D eigenvalue weighted by Gasteiger charge is 2.25. The number of primary amides is 1. The molecule has 16 heavy (non-hydrogen) atoms. The van der Waals surface area contributed by atoms with Crippen molar-refractivity contribution in [3.63, 3.8) is 0 Å². The summed E-state index contributed by atoms with van der Waals surface area (Å²) in [6.07, 6.45) is 10.4. The lowest BCUT2D eigenvalue weighted by Crippen LogP contribution is -2.43. The molecule has 0 aromatic carbocycles. The predicted molar refractivity (Wildman–Crippen MR) is 64.8 cm³/mol. The first-order valence-electron chi connectivity index (χ1n) is 6.42. The number of amides is 1. The van der Waals surface area contributed by atoms with Crippen LogP contribution in [0.5, 0.6) is 0 Å². The van der Waals surface area contributed by atoms with Crippen molar-refractivity contribution in [3.8, 4) is 0 Å². The van der Waals surface area contributed by atoms with Crippen molar-refractivity contribution in [1.29, 1.82) is 0 Å². The van der Waals surface area contributed by atoms with Crippen LogP contribution in [0.2, 0.25) is 0 Å². The van der Waals surface area contributed by atoms with E-state index in [1.54, 1.807) is 0 Å². The molecule has 0 aromatic rings. The van der Waals surface area contributed by atoms with Crippen molar-refractivity contribution in [2.24, 2.45) is 17.6 Å². The van der Waals surface area contributed by atoms with Gasteiger partial charge in [0.2, 0.25) is 5.91 Å². The van der Waals surface area contributed by atoms with E-state index in [4.69, 9.17) is 5.73 Å². The van der Waals surface area contributed by atoms with Crippen molar-refractivity contribution in [2.45, 2.75) is 32.1 Å². The smallest absolute Gasteiger partial charge is 0.221 e. The van der Waals surface area contributed by atoms with Crippen LogP contribution in [-0.2, 0) is 4.79 Å². The number of nitrogens with zero attached hydrogens (tertiary/aromatic N) is 1. The van der Waals surface area contributed by atoms with Gasteiger partial charge in [0.25, 0.3) is 0 Å². The van der Waals surface area contributed by atoms with E-state index in [0.29, 0.717) is 0 Å². The van der Waals surface area contributed by atoms with Crippen LogP contribution < -0.4 is 5.73 Å². The van der Waals surface area contributed by atoms with Gasteiger partial charge in [-0.1, -0.05) is 12.2 Å². The molecule has 0 spiro atoms. The summed E-state index contributed by atoms with van der Waals surface area (Å²) in [6, 6.07) is 0. The van der Waals surface area contributed by atoms with Crippen LogP contribution in [0.4, 0.5) is 0 Å². The highest BCUT2D eigenvalue weighted by atomic mass is 16.1. The quantitative estimate of drug-likeness (QED) is 0.736. The standard InChI is InChI=1S/C13H22N2O/c14-13(16)12-7-4-8-15(10-12)9-11-5-2-1-3-6-11/h1-2,11-12H,3-10H2,(H2,14,16)/t11-,12+/m0/s1. The second kappa shape index (κ2) is 5.48. The van der Waals surface area contributed by atoms with Crippen LogP contribution in [0.15, 0.2) is 12.2 Å². The van der Waals surface area contributed by atoms with E-state index in [1.807, 2.05) is 0 Å². The number of carbonyl (C=O) groups is 1. The molecule has 1 heterocycles. The topological polar surface area (TPSA) is 46.3 Å². The van der Waals surface area contributed by atoms with Gasteiger partial charge in [-0.25, -0.2) is 0 Å². The maximum Gasteiger partial charge on any atom is 0.221 e. The molecule has 3 heteroatoms. The second-order valence-electron chi connectivity index (χ2n) is 5.15. The Kier molecular flexibility index (Phi) is 3.99. The van der Waals surface area contributed by atoms with Gasteiger partial charge in [0.05, 0.1) is 5.92 Å². The number of allylic oxidation sites excluding steroid dienone is 2. The molecule has 2 aliphatic rings. The van der Waals surface area contributed by atoms with E-state index >= 15 is 0 Å². The number of rotatable bonds is 3. The Morgan fingerprint density at radius 1 is 1.38 bits per heavy atom. The van der Waals surface area contributed by atoms with Gasteiger partial charge in [0.15, 0.2) is 0 Å². The zero-order valence-electron chi connectivity index (χ0n) is 9.90. The maximum atomic E-state index is 11.2. The zero-order valence-corrected chi connectivity index (χ0v) is 9.90. The fraction of sp³-hybridized carbons (Fsp3) is 0.769. The Labute approximate surface area is 97.7 Å². The lowest BCUT2D eigenvalue weighted by Gasteiger charge is -2.34. The molecule has 3 nitrogen and oxygen atoms in total. The van der Waals surface area contributed by atoms with Crippen LogP contribution in [0.25, 0.3) is 0 Å². The molecule has 0 bridgehead atoms. The molecule has 1 saturated heterocycles. The van der Waals surface area contributed by atoms with Crippen LogP contribution in [0.3, 0.4) is 0 Å². The third-order valence-corrected chi connectivity index (χ3v) is 3.80. The SMILES string of the molecule is NC(=O)[C@@H]1CCCN(C[C@H]2CC=CCC2)C1. The molecule has 0 unspecified atom stereocenters. The summed E-state index contributed by atoms with van der Waals surface area (Å²) in [6.45, 7) is 3.17. The van der Waals surface area contributed by atoms with E-state index in [9.17, 15) is 4.79 Å². The molecule has 2 N–H and O–H groups in total. The lowest BCUT2D eigenvalue weighted by molar-refractivity contribution is -0.123. The molecular weight excluding hydrogens is 200 g/mol. The summed E-state index contributed by atoms with van der Waals surface area (Å²) in [5.74, 6) is 0.762. The van der Waals surface area contributed by atoms with Crippen molar-refractivity contribution >= 4 is 5.91 Å². The van der Waals surface area contributed by atoms with E-state index < -0.39 is 0 Å². The summed E-state index contributed by atoms with van der Waals surface area (Å²) in [5, 5.41) is 0. The molecular formula is C13H22N2O. The first-order chi connectivity index (χ1) is 7.75. The molecule has 90 valence electrons. The van der Waals surface area contributed by atoms with Crippen LogP contribution in [0.1, 0.15) is 32.1 Å². The van der Waals surface area contributed by atoms with Crippen molar-refractivity contribution < 1.29 is 4.79 Å². The number of hydrogen-bond acceptors (Lipinski definition) is 2. The average Bonchev–Trinajstić information content (AvgIpc) is 2.30. The van der Waals surface area contributed by atoms with Crippen molar-refractivity contribution in [3.05, 3.63) is 12.2 Å². The highest BCUT2D eigenvalue weighted by molar-refractivity contribution is 5.76. The van der Waals surface area contributed by atoms with Gasteiger partial charge in [-0.15, -0.1) is 0 Å². The monoisotopic (exact) mass is 222 g/mol. The summed E-state index contributed by atoms with van der Waals surface area (Å²) in [5.41, 5.74) is 5.39. The Morgan fingerprint density at radius 2 is 2.25 bits per heavy atom. The van der Waals surface area contributed by atoms with Gasteiger partial charge in [-0.3, -0.25) is 4.79 Å². The molecule has 1 fully saturated rings. The minimum absolute atomic E-state index is 0.0906. The minimum atomic E-state index is -0.117. The predicted octanol–water partition coefficient (Wildman–Crippen LogP) is 1.54. The van der Waals surface area contributed by atoms with E-state index in [1.165, 1.54) is 19.3 Å². The van der Waals surface area contributed by atoms with Crippen molar-refractivity contribution in [2.75, 3.05) is 19.6 Å². The number of hydrogen-bond donors (Lipinski definition) is 1. The molecule has 1 aliphatic heterocycles. The molecule has 1 aliphatic carbocycles. The Morgan fingerprint density at radius 3 is 2.94 bits per heavy atom. The van der Waals surface area contributed by atoms with Gasteiger partial charge in [-0.05, 0) is 44.6 Å². The van der Waals surface area contributed by atoms with Gasteiger partial charge >= 0.3 is 0 Å². The third kappa shape index (κ3) is 3.08. The van der Waals surface area contributed by atoms with Crippen LogP contribution in [0, 0.1) is 11.8 Å². The Hall–Kier alpha value is -0.830. The Bertz CT molecular complexity index is 275. The van der Waals surface area contributed by atoms with Crippen LogP contribution >= 0.6 is 0 Å². The van der Waals surface area contributed by atoms with Gasteiger partial charge in [0.1, 0.15) is 0 Å². The first kappa shape index (κ1) is 11.6. The second-order valence-corrected chi connectivity index (χ2v) is 5.15. The number of piperidine rings is 1. The summed E-state index contributed by atoms with van der Waals surface area (Å²) >= 11 is 0. The van der Waals surface area contributed by atoms with Gasteiger partial charge in [-0.2, -0.15) is 0 Å². The normalized spacial score (nSPS) is 31.5. The molecule has 1 amide bonds. The van der Waals surface area contributed by atoms with E-state index in [2.05, 4.69) is 17.1 Å². The van der Waals surface area contributed by atoms with Crippen molar-refractivity contribution in [1.82, 2.24) is 4.90 Å². The van der Waals surface area contributed by atoms with E-state index in [0.717, 1.165) is 38.4 Å². The molecule has 0 radical (unpaired) electrons. The van der Waals surface area contributed by atoms with E-state index in [-0.39, 0.29) is 11.8 Å². The minimum Gasteiger partial charge on any atom is -0.369 e. The van der Waals surface area contributed by atoms with Crippen LogP contribution in [-0.4, -0.2) is 30.4 Å². The summed E-state index contributed by atoms with van der Waals surface area (Å²) in [4.78, 5) is 13.6. The fourth-order valence-electron chi connectivity index (χ4n) is 2.84. The summed E-state index contributed by atoms with van der Waals surface area (Å²) in [7, 11) is 0.